The van der Waals surface area contributed by atoms with E-state index < -0.39 is 5.97 Å². The molecule has 140 valence electrons. The van der Waals surface area contributed by atoms with Gasteiger partial charge in [-0.2, -0.15) is 0 Å². The van der Waals surface area contributed by atoms with Crippen molar-refractivity contribution in [1.29, 1.82) is 0 Å². The molecular formula is C20H19ClN2O4. The van der Waals surface area contributed by atoms with Crippen molar-refractivity contribution in [3.8, 4) is 11.5 Å². The Kier molecular flexibility index (Phi) is 5.98. The Morgan fingerprint density at radius 3 is 2.59 bits per heavy atom. The van der Waals surface area contributed by atoms with Crippen molar-refractivity contribution in [3.05, 3.63) is 71.1 Å². The second-order valence-electron chi connectivity index (χ2n) is 5.89. The lowest BCUT2D eigenvalue weighted by Gasteiger charge is -2.12. The zero-order chi connectivity index (χ0) is 19.2. The number of carbonyl (C=O) groups excluding carboxylic acids is 2. The summed E-state index contributed by atoms with van der Waals surface area (Å²) < 4.78 is 11.8. The largest absolute Gasteiger partial charge is 0.464 e. The number of benzene rings is 1. The lowest BCUT2D eigenvalue weighted by atomic mass is 10.1. The standard InChI is InChI=1S/C20H19ClN2O4/c1-26-20(25)17-9-8-16(18-3-2-12-27-18)23(17)13-19(24)22-11-10-14-4-6-15(21)7-5-14/h2-9,12H,10-11,13H2,1H3,(H,22,24). The van der Waals surface area contributed by atoms with Gasteiger partial charge in [0.1, 0.15) is 18.0 Å². The maximum Gasteiger partial charge on any atom is 0.354 e. The van der Waals surface area contributed by atoms with Gasteiger partial charge in [0.25, 0.3) is 0 Å². The number of nitrogens with one attached hydrogen (secondary N) is 1. The third-order valence-corrected chi connectivity index (χ3v) is 4.35. The lowest BCUT2D eigenvalue weighted by molar-refractivity contribution is -0.121. The fraction of sp³-hybridized carbons (Fsp3) is 0.200. The van der Waals surface area contributed by atoms with Crippen molar-refractivity contribution in [3.63, 3.8) is 0 Å². The molecule has 0 aliphatic carbocycles. The van der Waals surface area contributed by atoms with E-state index in [4.69, 9.17) is 20.8 Å². The Labute approximate surface area is 161 Å². The number of halogens is 1. The topological polar surface area (TPSA) is 73.5 Å². The number of rotatable bonds is 7. The first-order chi connectivity index (χ1) is 13.1. The summed E-state index contributed by atoms with van der Waals surface area (Å²) in [7, 11) is 1.30. The van der Waals surface area contributed by atoms with Gasteiger partial charge in [-0.15, -0.1) is 0 Å². The van der Waals surface area contributed by atoms with Crippen LogP contribution in [0.4, 0.5) is 0 Å². The zero-order valence-electron chi connectivity index (χ0n) is 14.8. The number of nitrogens with zero attached hydrogens (tertiary/aromatic N) is 1. The van der Waals surface area contributed by atoms with Crippen LogP contribution in [0.2, 0.25) is 5.02 Å². The summed E-state index contributed by atoms with van der Waals surface area (Å²) in [4.78, 5) is 24.4. The van der Waals surface area contributed by atoms with Crippen LogP contribution in [0, 0.1) is 0 Å². The van der Waals surface area contributed by atoms with Gasteiger partial charge in [-0.25, -0.2) is 4.79 Å². The molecular weight excluding hydrogens is 368 g/mol. The Morgan fingerprint density at radius 2 is 1.93 bits per heavy atom. The van der Waals surface area contributed by atoms with Crippen LogP contribution in [0.5, 0.6) is 0 Å². The smallest absolute Gasteiger partial charge is 0.354 e. The van der Waals surface area contributed by atoms with E-state index >= 15 is 0 Å². The molecule has 0 unspecified atom stereocenters. The summed E-state index contributed by atoms with van der Waals surface area (Å²) >= 11 is 5.87. The average Bonchev–Trinajstić information content (AvgIpc) is 3.32. The van der Waals surface area contributed by atoms with Crippen molar-refractivity contribution in [1.82, 2.24) is 9.88 Å². The predicted molar refractivity (Wildman–Crippen MR) is 102 cm³/mol. The fourth-order valence-electron chi connectivity index (χ4n) is 2.76. The van der Waals surface area contributed by atoms with Crippen molar-refractivity contribution < 1.29 is 18.7 Å². The molecule has 0 saturated carbocycles. The lowest BCUT2D eigenvalue weighted by Crippen LogP contribution is -2.30. The van der Waals surface area contributed by atoms with Gasteiger partial charge in [-0.3, -0.25) is 4.79 Å². The molecule has 0 radical (unpaired) electrons. The van der Waals surface area contributed by atoms with E-state index in [1.54, 1.807) is 28.8 Å². The van der Waals surface area contributed by atoms with Crippen molar-refractivity contribution in [2.45, 2.75) is 13.0 Å². The molecule has 1 amide bonds. The molecule has 3 rings (SSSR count). The highest BCUT2D eigenvalue weighted by molar-refractivity contribution is 6.30. The number of esters is 1. The first-order valence-electron chi connectivity index (χ1n) is 8.41. The first kappa shape index (κ1) is 18.8. The molecule has 0 saturated heterocycles. The molecule has 0 aliphatic heterocycles. The van der Waals surface area contributed by atoms with Gasteiger partial charge in [-0.1, -0.05) is 23.7 Å². The molecule has 0 atom stereocenters. The number of carbonyl (C=O) groups is 2. The molecule has 0 bridgehead atoms. The molecule has 0 fully saturated rings. The quantitative estimate of drug-likeness (QED) is 0.630. The number of amides is 1. The van der Waals surface area contributed by atoms with Crippen LogP contribution in [0.3, 0.4) is 0 Å². The highest BCUT2D eigenvalue weighted by atomic mass is 35.5. The molecule has 1 N–H and O–H groups in total. The van der Waals surface area contributed by atoms with Crippen LogP contribution in [0.15, 0.2) is 59.2 Å². The normalized spacial score (nSPS) is 10.6. The highest BCUT2D eigenvalue weighted by Crippen LogP contribution is 2.23. The third kappa shape index (κ3) is 4.60. The second-order valence-corrected chi connectivity index (χ2v) is 6.32. The van der Waals surface area contributed by atoms with E-state index in [2.05, 4.69) is 5.32 Å². The van der Waals surface area contributed by atoms with Gasteiger partial charge in [0, 0.05) is 11.6 Å². The summed E-state index contributed by atoms with van der Waals surface area (Å²) in [6.45, 7) is 0.458. The second kappa shape index (κ2) is 8.60. The van der Waals surface area contributed by atoms with E-state index in [1.807, 2.05) is 24.3 Å². The van der Waals surface area contributed by atoms with Gasteiger partial charge in [-0.05, 0) is 48.4 Å². The molecule has 7 heteroatoms. The molecule has 6 nitrogen and oxygen atoms in total. The number of hydrogen-bond donors (Lipinski definition) is 1. The Hall–Kier alpha value is -2.99. The number of furan rings is 1. The van der Waals surface area contributed by atoms with E-state index in [0.29, 0.717) is 29.4 Å². The minimum absolute atomic E-state index is 0.0198. The SMILES string of the molecule is COC(=O)c1ccc(-c2ccco2)n1CC(=O)NCCc1ccc(Cl)cc1. The van der Waals surface area contributed by atoms with E-state index in [1.165, 1.54) is 13.4 Å². The summed E-state index contributed by atoms with van der Waals surface area (Å²) in [5.41, 5.74) is 2.00. The Bertz CT molecular complexity index is 914. The Morgan fingerprint density at radius 1 is 1.15 bits per heavy atom. The summed E-state index contributed by atoms with van der Waals surface area (Å²) in [5.74, 6) is -0.154. The first-order valence-corrected chi connectivity index (χ1v) is 8.79. The van der Waals surface area contributed by atoms with Crippen molar-refractivity contribution >= 4 is 23.5 Å². The maximum absolute atomic E-state index is 12.4. The molecule has 0 spiro atoms. The van der Waals surface area contributed by atoms with E-state index in [0.717, 1.165) is 5.56 Å². The number of ether oxygens (including phenoxy) is 1. The van der Waals surface area contributed by atoms with Gasteiger partial charge in [0.2, 0.25) is 5.91 Å². The van der Waals surface area contributed by atoms with Crippen LogP contribution in [0.1, 0.15) is 16.1 Å². The molecule has 27 heavy (non-hydrogen) atoms. The molecule has 3 aromatic rings. The molecule has 2 aromatic heterocycles. The predicted octanol–water partition coefficient (Wildman–Crippen LogP) is 3.55. The molecule has 2 heterocycles. The van der Waals surface area contributed by atoms with Gasteiger partial charge >= 0.3 is 5.97 Å². The molecule has 0 aliphatic rings. The van der Waals surface area contributed by atoms with Crippen molar-refractivity contribution in [2.24, 2.45) is 0 Å². The monoisotopic (exact) mass is 386 g/mol. The highest BCUT2D eigenvalue weighted by Gasteiger charge is 2.19. The zero-order valence-corrected chi connectivity index (χ0v) is 15.5. The van der Waals surface area contributed by atoms with Crippen LogP contribution < -0.4 is 5.32 Å². The van der Waals surface area contributed by atoms with Gasteiger partial charge in [0.05, 0.1) is 19.1 Å². The van der Waals surface area contributed by atoms with Crippen LogP contribution in [-0.2, 0) is 22.5 Å². The fourth-order valence-corrected chi connectivity index (χ4v) is 2.88. The van der Waals surface area contributed by atoms with Crippen LogP contribution in [0.25, 0.3) is 11.5 Å². The van der Waals surface area contributed by atoms with Gasteiger partial charge in [0.15, 0.2) is 0 Å². The molecule has 1 aromatic carbocycles. The minimum Gasteiger partial charge on any atom is -0.464 e. The van der Waals surface area contributed by atoms with E-state index in [-0.39, 0.29) is 18.1 Å². The third-order valence-electron chi connectivity index (χ3n) is 4.10. The Balaban J connectivity index is 1.68. The maximum atomic E-state index is 12.4. The number of hydrogen-bond acceptors (Lipinski definition) is 4. The summed E-state index contributed by atoms with van der Waals surface area (Å²) in [6.07, 6.45) is 2.22. The van der Waals surface area contributed by atoms with Gasteiger partial charge < -0.3 is 19.0 Å². The van der Waals surface area contributed by atoms with Crippen LogP contribution in [-0.4, -0.2) is 30.1 Å². The van der Waals surface area contributed by atoms with Crippen LogP contribution >= 0.6 is 11.6 Å². The number of aromatic nitrogens is 1. The van der Waals surface area contributed by atoms with E-state index in [9.17, 15) is 9.59 Å². The summed E-state index contributed by atoms with van der Waals surface area (Å²) in [5, 5.41) is 3.54. The minimum atomic E-state index is -0.512. The van der Waals surface area contributed by atoms with Crippen molar-refractivity contribution in [2.75, 3.05) is 13.7 Å². The summed E-state index contributed by atoms with van der Waals surface area (Å²) in [6, 6.07) is 14.3. The average molecular weight is 387 g/mol. The number of methoxy groups -OCH3 is 1.